The molecule has 1 heterocycles. The summed E-state index contributed by atoms with van der Waals surface area (Å²) in [6, 6.07) is 7.46. The van der Waals surface area contributed by atoms with Crippen LogP contribution in [0.1, 0.15) is 54.4 Å². The van der Waals surface area contributed by atoms with Crippen LogP contribution in [0.2, 0.25) is 0 Å². The largest absolute Gasteiger partial charge is 0.481 e. The molecule has 1 aromatic carbocycles. The molecule has 0 aromatic heterocycles. The van der Waals surface area contributed by atoms with E-state index >= 15 is 0 Å². The molecule has 4 nitrogen and oxygen atoms in total. The van der Waals surface area contributed by atoms with Crippen molar-refractivity contribution < 1.29 is 14.7 Å². The van der Waals surface area contributed by atoms with Crippen molar-refractivity contribution in [1.82, 2.24) is 4.90 Å². The lowest BCUT2D eigenvalue weighted by Gasteiger charge is -2.43. The Morgan fingerprint density at radius 1 is 1.09 bits per heavy atom. The van der Waals surface area contributed by atoms with Gasteiger partial charge in [0.1, 0.15) is 0 Å². The van der Waals surface area contributed by atoms with Crippen molar-refractivity contribution in [2.45, 2.75) is 51.5 Å². The first-order valence-corrected chi connectivity index (χ1v) is 8.69. The number of hydrogen-bond acceptors (Lipinski definition) is 2. The molecule has 2 atom stereocenters. The van der Waals surface area contributed by atoms with Crippen molar-refractivity contribution in [3.8, 4) is 0 Å². The Bertz CT molecular complexity index is 592. The van der Waals surface area contributed by atoms with Crippen LogP contribution in [0.25, 0.3) is 0 Å². The molecule has 0 radical (unpaired) electrons. The van der Waals surface area contributed by atoms with Gasteiger partial charge in [-0.3, -0.25) is 9.59 Å². The number of piperidine rings is 1. The van der Waals surface area contributed by atoms with Crippen molar-refractivity contribution in [3.63, 3.8) is 0 Å². The molecular weight excluding hydrogens is 290 g/mol. The van der Waals surface area contributed by atoms with E-state index in [2.05, 4.69) is 0 Å². The van der Waals surface area contributed by atoms with Gasteiger partial charge < -0.3 is 10.0 Å². The maximum Gasteiger partial charge on any atom is 0.308 e. The second-order valence-corrected chi connectivity index (χ2v) is 6.94. The molecule has 0 bridgehead atoms. The van der Waals surface area contributed by atoms with Gasteiger partial charge in [-0.25, -0.2) is 0 Å². The fourth-order valence-corrected chi connectivity index (χ4v) is 4.37. The molecule has 23 heavy (non-hydrogen) atoms. The first-order chi connectivity index (χ1) is 11.1. The number of nitrogens with zero attached hydrogens (tertiary/aromatic N) is 1. The van der Waals surface area contributed by atoms with Crippen LogP contribution in [0, 0.1) is 18.8 Å². The van der Waals surface area contributed by atoms with Gasteiger partial charge in [-0.1, -0.05) is 31.0 Å². The molecule has 0 spiro atoms. The molecule has 1 saturated heterocycles. The van der Waals surface area contributed by atoms with Crippen molar-refractivity contribution in [3.05, 3.63) is 35.4 Å². The van der Waals surface area contributed by atoms with E-state index in [0.717, 1.165) is 37.7 Å². The summed E-state index contributed by atoms with van der Waals surface area (Å²) >= 11 is 0. The van der Waals surface area contributed by atoms with Crippen LogP contribution in [-0.2, 0) is 4.79 Å². The highest BCUT2D eigenvalue weighted by Gasteiger charge is 2.43. The van der Waals surface area contributed by atoms with E-state index in [0.29, 0.717) is 24.4 Å². The molecule has 1 saturated carbocycles. The van der Waals surface area contributed by atoms with Crippen LogP contribution in [0.5, 0.6) is 0 Å². The molecule has 124 valence electrons. The molecule has 1 N–H and O–H groups in total. The van der Waals surface area contributed by atoms with Crippen molar-refractivity contribution in [2.75, 3.05) is 6.54 Å². The van der Waals surface area contributed by atoms with Gasteiger partial charge in [-0.15, -0.1) is 0 Å². The van der Waals surface area contributed by atoms with Crippen LogP contribution in [0.4, 0.5) is 0 Å². The van der Waals surface area contributed by atoms with Crippen LogP contribution in [0.3, 0.4) is 0 Å². The fourth-order valence-electron chi connectivity index (χ4n) is 4.37. The van der Waals surface area contributed by atoms with Crippen molar-refractivity contribution in [2.24, 2.45) is 11.8 Å². The summed E-state index contributed by atoms with van der Waals surface area (Å²) in [4.78, 5) is 26.7. The summed E-state index contributed by atoms with van der Waals surface area (Å²) in [5.41, 5.74) is 1.67. The summed E-state index contributed by atoms with van der Waals surface area (Å²) in [7, 11) is 0. The first kappa shape index (κ1) is 16.0. The van der Waals surface area contributed by atoms with Crippen LogP contribution >= 0.6 is 0 Å². The Morgan fingerprint density at radius 2 is 1.78 bits per heavy atom. The predicted molar refractivity (Wildman–Crippen MR) is 88.3 cm³/mol. The quantitative estimate of drug-likeness (QED) is 0.929. The first-order valence-electron chi connectivity index (χ1n) is 8.69. The standard InChI is InChI=1S/C19H25NO3/c1-13-7-2-5-10-15(13)18(21)20-12-6-11-16(19(22)23)17(20)14-8-3-4-9-14/h2,5,7,10,14,16-17H,3-4,6,8-9,11-12H2,1H3,(H,22,23)/t16-,17-/m1/s1. The zero-order chi connectivity index (χ0) is 16.4. The van der Waals surface area contributed by atoms with Gasteiger partial charge in [0.25, 0.3) is 5.91 Å². The number of aliphatic carboxylic acids is 1. The molecule has 1 aliphatic heterocycles. The summed E-state index contributed by atoms with van der Waals surface area (Å²) < 4.78 is 0. The topological polar surface area (TPSA) is 57.6 Å². The molecule has 1 aliphatic carbocycles. The molecule has 1 amide bonds. The Morgan fingerprint density at radius 3 is 2.43 bits per heavy atom. The maximum absolute atomic E-state index is 13.1. The van der Waals surface area contributed by atoms with Gasteiger partial charge in [0.2, 0.25) is 0 Å². The van der Waals surface area contributed by atoms with E-state index < -0.39 is 11.9 Å². The third-order valence-electron chi connectivity index (χ3n) is 5.52. The van der Waals surface area contributed by atoms with E-state index in [4.69, 9.17) is 0 Å². The normalized spacial score (nSPS) is 25.5. The van der Waals surface area contributed by atoms with E-state index in [1.807, 2.05) is 36.1 Å². The zero-order valence-electron chi connectivity index (χ0n) is 13.7. The minimum atomic E-state index is -0.746. The van der Waals surface area contributed by atoms with E-state index in [-0.39, 0.29) is 11.9 Å². The van der Waals surface area contributed by atoms with Crippen molar-refractivity contribution >= 4 is 11.9 Å². The van der Waals surface area contributed by atoms with Gasteiger partial charge in [-0.05, 0) is 50.2 Å². The van der Waals surface area contributed by atoms with Gasteiger partial charge in [0.15, 0.2) is 0 Å². The average molecular weight is 315 g/mol. The Hall–Kier alpha value is -1.84. The highest BCUT2D eigenvalue weighted by molar-refractivity contribution is 5.96. The summed E-state index contributed by atoms with van der Waals surface area (Å²) in [6.07, 6.45) is 5.86. The highest BCUT2D eigenvalue weighted by Crippen LogP contribution is 2.38. The molecule has 1 aromatic rings. The number of carbonyl (C=O) groups is 2. The van der Waals surface area contributed by atoms with Gasteiger partial charge in [-0.2, -0.15) is 0 Å². The Kier molecular flexibility index (Phi) is 4.69. The Labute approximate surface area is 137 Å². The number of rotatable bonds is 3. The lowest BCUT2D eigenvalue weighted by Crippen LogP contribution is -2.53. The second-order valence-electron chi connectivity index (χ2n) is 6.94. The summed E-state index contributed by atoms with van der Waals surface area (Å²) in [6.45, 7) is 2.62. The van der Waals surface area contributed by atoms with E-state index in [1.54, 1.807) is 0 Å². The molecular formula is C19H25NO3. The van der Waals surface area contributed by atoms with Crippen molar-refractivity contribution in [1.29, 1.82) is 0 Å². The number of amides is 1. The van der Waals surface area contributed by atoms with Gasteiger partial charge in [0, 0.05) is 18.2 Å². The third kappa shape index (κ3) is 3.12. The van der Waals surface area contributed by atoms with Crippen LogP contribution < -0.4 is 0 Å². The highest BCUT2D eigenvalue weighted by atomic mass is 16.4. The average Bonchev–Trinajstić information content (AvgIpc) is 3.08. The minimum Gasteiger partial charge on any atom is -0.481 e. The van der Waals surface area contributed by atoms with E-state index in [9.17, 15) is 14.7 Å². The number of carboxylic acid groups (broad SMARTS) is 1. The minimum absolute atomic E-state index is 0.00551. The molecule has 3 rings (SSSR count). The number of carboxylic acids is 1. The number of carbonyl (C=O) groups excluding carboxylic acids is 1. The lowest BCUT2D eigenvalue weighted by molar-refractivity contribution is -0.146. The SMILES string of the molecule is Cc1ccccc1C(=O)N1CCC[C@@H](C(=O)O)[C@H]1C1CCCC1. The Balaban J connectivity index is 1.92. The van der Waals surface area contributed by atoms with E-state index in [1.165, 1.54) is 0 Å². The number of aryl methyl sites for hydroxylation is 1. The number of likely N-dealkylation sites (tertiary alicyclic amines) is 1. The van der Waals surface area contributed by atoms with Gasteiger partial charge in [0.05, 0.1) is 5.92 Å². The third-order valence-corrected chi connectivity index (χ3v) is 5.52. The maximum atomic E-state index is 13.1. The fraction of sp³-hybridized carbons (Fsp3) is 0.579. The second kappa shape index (κ2) is 6.73. The molecule has 0 unspecified atom stereocenters. The number of hydrogen-bond donors (Lipinski definition) is 1. The smallest absolute Gasteiger partial charge is 0.308 e. The summed E-state index contributed by atoms with van der Waals surface area (Å²) in [5, 5.41) is 9.66. The molecule has 4 heteroatoms. The lowest BCUT2D eigenvalue weighted by atomic mass is 9.80. The molecule has 2 fully saturated rings. The van der Waals surface area contributed by atoms with Gasteiger partial charge >= 0.3 is 5.97 Å². The predicted octanol–water partition coefficient (Wildman–Crippen LogP) is 3.49. The molecule has 2 aliphatic rings. The number of benzene rings is 1. The van der Waals surface area contributed by atoms with Crippen LogP contribution in [-0.4, -0.2) is 34.5 Å². The van der Waals surface area contributed by atoms with Crippen LogP contribution in [0.15, 0.2) is 24.3 Å². The summed E-state index contributed by atoms with van der Waals surface area (Å²) in [5.74, 6) is -0.820. The monoisotopic (exact) mass is 315 g/mol. The zero-order valence-corrected chi connectivity index (χ0v) is 13.7.